The summed E-state index contributed by atoms with van der Waals surface area (Å²) in [6.45, 7) is 7.16. The average molecular weight is 544 g/mol. The number of ether oxygens (including phenoxy) is 1. The minimum absolute atomic E-state index is 0.122. The topological polar surface area (TPSA) is 70.3 Å². The van der Waals surface area contributed by atoms with Gasteiger partial charge in [0.2, 0.25) is 0 Å². The molecule has 4 aromatic rings. The van der Waals surface area contributed by atoms with Crippen LogP contribution in [0.2, 0.25) is 0 Å². The van der Waals surface area contributed by atoms with Crippen LogP contribution < -0.4 is 4.74 Å². The van der Waals surface area contributed by atoms with E-state index in [2.05, 4.69) is 75.4 Å². The molecular weight excluding hydrogens is 506 g/mol. The van der Waals surface area contributed by atoms with Gasteiger partial charge in [0, 0.05) is 0 Å². The van der Waals surface area contributed by atoms with Gasteiger partial charge in [-0.3, -0.25) is 0 Å². The number of hydrogen-bond donors (Lipinski definition) is 1. The van der Waals surface area contributed by atoms with Crippen LogP contribution in [0.4, 0.5) is 0 Å². The van der Waals surface area contributed by atoms with Crippen LogP contribution in [0.1, 0.15) is 70.9 Å². The number of aromatic carboxylic acids is 1. The van der Waals surface area contributed by atoms with E-state index in [9.17, 15) is 9.90 Å². The number of rotatable bonds is 11. The van der Waals surface area contributed by atoms with Crippen LogP contribution in [-0.2, 0) is 24.9 Å². The van der Waals surface area contributed by atoms with Crippen molar-refractivity contribution >= 4 is 12.0 Å². The number of nitrogens with zero attached hydrogens (tertiary/aromatic N) is 1. The van der Waals surface area contributed by atoms with E-state index in [0.717, 1.165) is 36.1 Å². The second-order valence-corrected chi connectivity index (χ2v) is 11.4. The minimum atomic E-state index is -0.929. The van der Waals surface area contributed by atoms with Crippen LogP contribution in [-0.4, -0.2) is 11.1 Å². The summed E-state index contributed by atoms with van der Waals surface area (Å²) in [4.78, 5) is 11.2. The lowest BCUT2D eigenvalue weighted by Crippen LogP contribution is -2.11. The third kappa shape index (κ3) is 8.68. The number of benzene rings is 4. The molecule has 1 unspecified atom stereocenters. The first-order valence-corrected chi connectivity index (χ1v) is 14.0. The molecule has 0 saturated carbocycles. The Hall–Kier alpha value is -4.62. The normalized spacial score (nSPS) is 12.1. The van der Waals surface area contributed by atoms with Crippen molar-refractivity contribution in [2.45, 2.75) is 52.1 Å². The number of para-hydroxylation sites is 1. The first kappa shape index (κ1) is 29.4. The molecular formula is C37H37NO3. The largest absolute Gasteiger partial charge is 0.489 e. The number of aryl methyl sites for hydroxylation is 1. The van der Waals surface area contributed by atoms with E-state index in [0.29, 0.717) is 12.2 Å². The van der Waals surface area contributed by atoms with Crippen LogP contribution in [0.25, 0.3) is 6.08 Å². The third-order valence-corrected chi connectivity index (χ3v) is 7.27. The van der Waals surface area contributed by atoms with Gasteiger partial charge < -0.3 is 9.84 Å². The Kier molecular flexibility index (Phi) is 9.77. The van der Waals surface area contributed by atoms with Crippen molar-refractivity contribution in [3.05, 3.63) is 142 Å². The van der Waals surface area contributed by atoms with E-state index in [-0.39, 0.29) is 16.9 Å². The van der Waals surface area contributed by atoms with E-state index in [1.807, 2.05) is 48.5 Å². The molecule has 0 fully saturated rings. The molecule has 41 heavy (non-hydrogen) atoms. The summed E-state index contributed by atoms with van der Waals surface area (Å²) in [6, 6.07) is 33.7. The van der Waals surface area contributed by atoms with Gasteiger partial charge in [-0.2, -0.15) is 5.26 Å². The summed E-state index contributed by atoms with van der Waals surface area (Å²) in [6.07, 6.45) is 6.85. The summed E-state index contributed by atoms with van der Waals surface area (Å²) in [5, 5.41) is 18.4. The smallest absolute Gasteiger partial charge is 0.335 e. The molecule has 0 saturated heterocycles. The maximum absolute atomic E-state index is 11.2. The second kappa shape index (κ2) is 13.6. The fourth-order valence-corrected chi connectivity index (χ4v) is 4.72. The lowest BCUT2D eigenvalue weighted by molar-refractivity contribution is 0.0697. The van der Waals surface area contributed by atoms with Gasteiger partial charge in [0.1, 0.15) is 12.4 Å². The average Bonchev–Trinajstić information content (AvgIpc) is 2.98. The van der Waals surface area contributed by atoms with Crippen LogP contribution in [0.15, 0.2) is 103 Å². The highest BCUT2D eigenvalue weighted by atomic mass is 16.5. The van der Waals surface area contributed by atoms with Crippen molar-refractivity contribution in [3.63, 3.8) is 0 Å². The maximum Gasteiger partial charge on any atom is 0.335 e. The van der Waals surface area contributed by atoms with E-state index < -0.39 is 5.97 Å². The Bertz CT molecular complexity index is 1500. The molecule has 0 spiro atoms. The molecule has 0 aliphatic carbocycles. The Morgan fingerprint density at radius 1 is 0.902 bits per heavy atom. The molecule has 1 atom stereocenters. The molecule has 1 N–H and O–H groups in total. The highest BCUT2D eigenvalue weighted by Crippen LogP contribution is 2.26. The summed E-state index contributed by atoms with van der Waals surface area (Å²) in [5.74, 6) is 0.208. The number of allylic oxidation sites excluding steroid dienone is 1. The minimum Gasteiger partial charge on any atom is -0.489 e. The number of hydrogen-bond acceptors (Lipinski definition) is 3. The predicted molar refractivity (Wildman–Crippen MR) is 165 cm³/mol. The van der Waals surface area contributed by atoms with Crippen LogP contribution in [0.3, 0.4) is 0 Å². The molecule has 4 aromatic carbocycles. The molecule has 208 valence electrons. The van der Waals surface area contributed by atoms with E-state index in [1.54, 1.807) is 12.1 Å². The van der Waals surface area contributed by atoms with Gasteiger partial charge in [0.25, 0.3) is 0 Å². The van der Waals surface area contributed by atoms with Gasteiger partial charge in [-0.15, -0.1) is 0 Å². The highest BCUT2D eigenvalue weighted by Gasteiger charge is 2.14. The lowest BCUT2D eigenvalue weighted by atomic mass is 9.87. The Morgan fingerprint density at radius 3 is 2.20 bits per heavy atom. The molecule has 0 amide bonds. The first-order valence-electron chi connectivity index (χ1n) is 14.0. The van der Waals surface area contributed by atoms with Gasteiger partial charge in [-0.25, -0.2) is 4.79 Å². The molecule has 0 aliphatic rings. The third-order valence-electron chi connectivity index (χ3n) is 7.27. The van der Waals surface area contributed by atoms with Gasteiger partial charge in [0.05, 0.1) is 17.2 Å². The van der Waals surface area contributed by atoms with Crippen LogP contribution in [0, 0.1) is 17.2 Å². The van der Waals surface area contributed by atoms with Crippen molar-refractivity contribution in [1.82, 2.24) is 0 Å². The quantitative estimate of drug-likeness (QED) is 0.206. The van der Waals surface area contributed by atoms with Crippen molar-refractivity contribution in [3.8, 4) is 11.8 Å². The SMILES string of the molecule is CC(C)(C)c1ccc(COc2ccccc2CCC(/C=C/c2ccc(C(=O)O)cc2)Cc2ccc(C#N)cc2)cc1. The molecule has 0 heterocycles. The van der Waals surface area contributed by atoms with Crippen molar-refractivity contribution in [2.24, 2.45) is 5.92 Å². The highest BCUT2D eigenvalue weighted by molar-refractivity contribution is 5.87. The summed E-state index contributed by atoms with van der Waals surface area (Å²) in [5.41, 5.74) is 6.80. The standard InChI is InChI=1S/C37H37NO3/c1-37(2,3)34-22-17-31(18-23-34)26-41-35-7-5-4-6-32(35)19-16-29(24-28-10-12-30(25-38)13-11-28)9-8-27-14-20-33(21-15-27)36(39)40/h4-15,17-18,20-23,29H,16,19,24,26H2,1-3H3,(H,39,40)/b9-8+. The van der Waals surface area contributed by atoms with E-state index >= 15 is 0 Å². The fraction of sp³-hybridized carbons (Fsp3) is 0.243. The monoisotopic (exact) mass is 543 g/mol. The number of carboxylic acids is 1. The predicted octanol–water partition coefficient (Wildman–Crippen LogP) is 8.64. The Balaban J connectivity index is 1.46. The second-order valence-electron chi connectivity index (χ2n) is 11.4. The molecule has 4 rings (SSSR count). The zero-order valence-corrected chi connectivity index (χ0v) is 24.0. The van der Waals surface area contributed by atoms with Crippen molar-refractivity contribution < 1.29 is 14.6 Å². The van der Waals surface area contributed by atoms with Gasteiger partial charge >= 0.3 is 5.97 Å². The first-order chi connectivity index (χ1) is 19.7. The number of carboxylic acid groups (broad SMARTS) is 1. The fourth-order valence-electron chi connectivity index (χ4n) is 4.72. The summed E-state index contributed by atoms with van der Waals surface area (Å²) >= 11 is 0. The van der Waals surface area contributed by atoms with E-state index in [4.69, 9.17) is 10.00 Å². The van der Waals surface area contributed by atoms with Gasteiger partial charge in [0.15, 0.2) is 0 Å². The van der Waals surface area contributed by atoms with Gasteiger partial charge in [-0.05, 0) is 88.7 Å². The van der Waals surface area contributed by atoms with Crippen molar-refractivity contribution in [1.29, 1.82) is 5.26 Å². The van der Waals surface area contributed by atoms with Crippen molar-refractivity contribution in [2.75, 3.05) is 0 Å². The molecule has 0 aromatic heterocycles. The Labute approximate surface area is 243 Å². The molecule has 0 bridgehead atoms. The Morgan fingerprint density at radius 2 is 1.56 bits per heavy atom. The molecule has 0 radical (unpaired) electrons. The van der Waals surface area contributed by atoms with Crippen LogP contribution >= 0.6 is 0 Å². The zero-order valence-electron chi connectivity index (χ0n) is 24.0. The van der Waals surface area contributed by atoms with Crippen LogP contribution in [0.5, 0.6) is 5.75 Å². The molecule has 4 heteroatoms. The zero-order chi connectivity index (χ0) is 29.2. The maximum atomic E-state index is 11.2. The number of nitriles is 1. The molecule has 4 nitrogen and oxygen atoms in total. The summed E-state index contributed by atoms with van der Waals surface area (Å²) < 4.78 is 6.29. The van der Waals surface area contributed by atoms with Gasteiger partial charge in [-0.1, -0.05) is 99.7 Å². The molecule has 0 aliphatic heterocycles. The van der Waals surface area contributed by atoms with E-state index in [1.165, 1.54) is 16.7 Å². The number of carbonyl (C=O) groups is 1. The summed E-state index contributed by atoms with van der Waals surface area (Å²) in [7, 11) is 0. The lowest BCUT2D eigenvalue weighted by Gasteiger charge is -2.19.